The van der Waals surface area contributed by atoms with Crippen LogP contribution in [0.15, 0.2) is 36.7 Å². The van der Waals surface area contributed by atoms with E-state index >= 15 is 0 Å². The molecule has 174 valence electrons. The third-order valence-electron chi connectivity index (χ3n) is 6.91. The van der Waals surface area contributed by atoms with Crippen molar-refractivity contribution >= 4 is 5.82 Å². The first kappa shape index (κ1) is 21.9. The fourth-order valence-corrected chi connectivity index (χ4v) is 5.26. The molecule has 1 saturated heterocycles. The largest absolute Gasteiger partial charge is 0.497 e. The predicted molar refractivity (Wildman–Crippen MR) is 130 cm³/mol. The number of fused-ring (bicyclic) bond motifs is 1. The van der Waals surface area contributed by atoms with Crippen LogP contribution in [0.25, 0.3) is 0 Å². The molecular weight excluding hydrogens is 412 g/mol. The number of likely N-dealkylation sites (tertiary alicyclic amines) is 1. The molecule has 0 amide bonds. The number of benzene rings is 1. The van der Waals surface area contributed by atoms with Gasteiger partial charge >= 0.3 is 0 Å². The molecule has 7 nitrogen and oxygen atoms in total. The van der Waals surface area contributed by atoms with E-state index in [9.17, 15) is 0 Å². The van der Waals surface area contributed by atoms with Crippen LogP contribution in [-0.2, 0) is 26.6 Å². The van der Waals surface area contributed by atoms with Crippen LogP contribution in [-0.4, -0.2) is 51.4 Å². The molecule has 1 fully saturated rings. The van der Waals surface area contributed by atoms with E-state index in [2.05, 4.69) is 46.2 Å². The van der Waals surface area contributed by atoms with Gasteiger partial charge in [0.25, 0.3) is 0 Å². The van der Waals surface area contributed by atoms with E-state index in [1.54, 1.807) is 7.11 Å². The van der Waals surface area contributed by atoms with Crippen LogP contribution in [0.1, 0.15) is 53.4 Å². The van der Waals surface area contributed by atoms with Crippen LogP contribution in [0, 0.1) is 6.92 Å². The van der Waals surface area contributed by atoms with Gasteiger partial charge < -0.3 is 9.64 Å². The van der Waals surface area contributed by atoms with Crippen LogP contribution in [0.4, 0.5) is 5.82 Å². The highest BCUT2D eigenvalue weighted by atomic mass is 16.5. The molecule has 5 rings (SSSR count). The predicted octanol–water partition coefficient (Wildman–Crippen LogP) is 3.86. The number of nitrogens with zero attached hydrogens (tertiary/aromatic N) is 6. The number of methoxy groups -OCH3 is 1. The molecule has 0 N–H and O–H groups in total. The van der Waals surface area contributed by atoms with Gasteiger partial charge in [-0.15, -0.1) is 0 Å². The Morgan fingerprint density at radius 1 is 1.09 bits per heavy atom. The third kappa shape index (κ3) is 4.88. The summed E-state index contributed by atoms with van der Waals surface area (Å²) >= 11 is 0. The van der Waals surface area contributed by atoms with Crippen LogP contribution >= 0.6 is 0 Å². The quantitative estimate of drug-likeness (QED) is 0.573. The molecule has 4 heterocycles. The highest BCUT2D eigenvalue weighted by molar-refractivity contribution is 5.52. The summed E-state index contributed by atoms with van der Waals surface area (Å²) in [6, 6.07) is 8.36. The van der Waals surface area contributed by atoms with Crippen molar-refractivity contribution in [1.29, 1.82) is 0 Å². The molecule has 3 aromatic rings. The zero-order valence-electron chi connectivity index (χ0n) is 20.0. The average molecular weight is 447 g/mol. The van der Waals surface area contributed by atoms with Crippen LogP contribution in [0.5, 0.6) is 5.75 Å². The maximum absolute atomic E-state index is 5.43. The normalized spacial score (nSPS) is 18.9. The Hall–Kier alpha value is -2.93. The Labute approximate surface area is 196 Å². The molecule has 1 unspecified atom stereocenters. The Kier molecular flexibility index (Phi) is 6.31. The van der Waals surface area contributed by atoms with Gasteiger partial charge in [0.2, 0.25) is 0 Å². The molecule has 2 aromatic heterocycles. The van der Waals surface area contributed by atoms with E-state index < -0.39 is 0 Å². The van der Waals surface area contributed by atoms with Crippen molar-refractivity contribution in [3.63, 3.8) is 0 Å². The molecule has 0 radical (unpaired) electrons. The van der Waals surface area contributed by atoms with E-state index in [4.69, 9.17) is 14.7 Å². The lowest BCUT2D eigenvalue weighted by Gasteiger charge is -2.34. The standard InChI is InChI=1S/C26H34N6O/c1-19-24-10-6-12-32(17-20-7-4-9-23(13-20)33-3)26(24)29-25(28-19)22-8-5-11-31(18-22)16-21-14-27-30(2)15-21/h4,7,9,13-15,22H,5-6,8,10-12,16-18H2,1-3H3. The van der Waals surface area contributed by atoms with Crippen molar-refractivity contribution in [1.82, 2.24) is 24.6 Å². The van der Waals surface area contributed by atoms with Gasteiger partial charge in [0, 0.05) is 62.2 Å². The summed E-state index contributed by atoms with van der Waals surface area (Å²) in [7, 11) is 3.70. The Bertz CT molecular complexity index is 1110. The minimum Gasteiger partial charge on any atom is -0.497 e. The van der Waals surface area contributed by atoms with Crippen LogP contribution < -0.4 is 9.64 Å². The second-order valence-corrected chi connectivity index (χ2v) is 9.44. The first-order valence-electron chi connectivity index (χ1n) is 12.0. The summed E-state index contributed by atoms with van der Waals surface area (Å²) < 4.78 is 7.31. The monoisotopic (exact) mass is 446 g/mol. The SMILES string of the molecule is COc1cccc(CN2CCCc3c(C)nc(C4CCCN(Cc5cnn(C)c5)C4)nc32)c1. The number of aryl methyl sites for hydroxylation is 2. The van der Waals surface area contributed by atoms with Crippen molar-refractivity contribution < 1.29 is 4.74 Å². The molecule has 1 aromatic carbocycles. The molecule has 0 bridgehead atoms. The van der Waals surface area contributed by atoms with Gasteiger partial charge in [0.1, 0.15) is 17.4 Å². The molecule has 33 heavy (non-hydrogen) atoms. The van der Waals surface area contributed by atoms with Gasteiger partial charge in [-0.2, -0.15) is 5.10 Å². The second kappa shape index (κ2) is 9.51. The summed E-state index contributed by atoms with van der Waals surface area (Å²) in [6.45, 7) is 7.10. The molecule has 2 aliphatic heterocycles. The van der Waals surface area contributed by atoms with E-state index in [0.717, 1.165) is 75.1 Å². The number of rotatable bonds is 6. The Balaban J connectivity index is 1.37. The molecule has 2 aliphatic rings. The fraction of sp³-hybridized carbons (Fsp3) is 0.500. The summed E-state index contributed by atoms with van der Waals surface area (Å²) in [5, 5.41) is 4.32. The number of hydrogen-bond acceptors (Lipinski definition) is 6. The van der Waals surface area contributed by atoms with Gasteiger partial charge in [0.05, 0.1) is 13.3 Å². The van der Waals surface area contributed by atoms with Crippen LogP contribution in [0.2, 0.25) is 0 Å². The third-order valence-corrected chi connectivity index (χ3v) is 6.91. The summed E-state index contributed by atoms with van der Waals surface area (Å²) in [4.78, 5) is 15.2. The number of anilines is 1. The van der Waals surface area contributed by atoms with Crippen LogP contribution in [0.3, 0.4) is 0 Å². The minimum atomic E-state index is 0.375. The molecule has 0 spiro atoms. The van der Waals surface area contributed by atoms with Crippen molar-refractivity contribution in [2.45, 2.75) is 51.6 Å². The first-order chi connectivity index (χ1) is 16.1. The van der Waals surface area contributed by atoms with Crippen molar-refractivity contribution in [3.8, 4) is 5.75 Å². The molecule has 0 aliphatic carbocycles. The summed E-state index contributed by atoms with van der Waals surface area (Å²) in [5.74, 6) is 3.43. The Morgan fingerprint density at radius 2 is 2.00 bits per heavy atom. The maximum Gasteiger partial charge on any atom is 0.136 e. The molecule has 7 heteroatoms. The van der Waals surface area contributed by atoms with Crippen molar-refractivity contribution in [2.24, 2.45) is 7.05 Å². The lowest BCUT2D eigenvalue weighted by atomic mass is 9.95. The van der Waals surface area contributed by atoms with E-state index in [-0.39, 0.29) is 0 Å². The maximum atomic E-state index is 5.43. The fourth-order valence-electron chi connectivity index (χ4n) is 5.26. The topological polar surface area (TPSA) is 59.3 Å². The minimum absolute atomic E-state index is 0.375. The second-order valence-electron chi connectivity index (χ2n) is 9.44. The number of ether oxygens (including phenoxy) is 1. The molecule has 0 saturated carbocycles. The van der Waals surface area contributed by atoms with E-state index in [0.29, 0.717) is 5.92 Å². The lowest BCUT2D eigenvalue weighted by Crippen LogP contribution is -2.36. The molecular formula is C26H34N6O. The Morgan fingerprint density at radius 3 is 2.82 bits per heavy atom. The van der Waals surface area contributed by atoms with E-state index in [1.807, 2.05) is 24.0 Å². The van der Waals surface area contributed by atoms with Gasteiger partial charge in [-0.3, -0.25) is 9.58 Å². The zero-order valence-corrected chi connectivity index (χ0v) is 20.0. The lowest BCUT2D eigenvalue weighted by molar-refractivity contribution is 0.196. The van der Waals surface area contributed by atoms with Crippen molar-refractivity contribution in [3.05, 3.63) is 64.9 Å². The number of aromatic nitrogens is 4. The summed E-state index contributed by atoms with van der Waals surface area (Å²) in [5.41, 5.74) is 4.98. The van der Waals surface area contributed by atoms with Crippen molar-refractivity contribution in [2.75, 3.05) is 31.6 Å². The highest BCUT2D eigenvalue weighted by Crippen LogP contribution is 2.33. The van der Waals surface area contributed by atoms with E-state index in [1.165, 1.54) is 23.1 Å². The molecule has 1 atom stereocenters. The van der Waals surface area contributed by atoms with Gasteiger partial charge in [-0.25, -0.2) is 9.97 Å². The van der Waals surface area contributed by atoms with Gasteiger partial charge in [0.15, 0.2) is 0 Å². The zero-order chi connectivity index (χ0) is 22.8. The summed E-state index contributed by atoms with van der Waals surface area (Å²) in [6.07, 6.45) is 8.62. The number of piperidine rings is 1. The smallest absolute Gasteiger partial charge is 0.136 e. The first-order valence-corrected chi connectivity index (χ1v) is 12.0. The average Bonchev–Trinajstić information content (AvgIpc) is 3.24. The highest BCUT2D eigenvalue weighted by Gasteiger charge is 2.28. The number of hydrogen-bond donors (Lipinski definition) is 0. The van der Waals surface area contributed by atoms with Gasteiger partial charge in [-0.05, 0) is 56.8 Å². The van der Waals surface area contributed by atoms with Gasteiger partial charge in [-0.1, -0.05) is 12.1 Å².